The van der Waals surface area contributed by atoms with Crippen LogP contribution in [0.5, 0.6) is 0 Å². The molecule has 0 fully saturated rings. The molecular formula is C8H10N4S. The molecule has 68 valence electrons. The Balaban J connectivity index is 2.19. The molecule has 2 aromatic rings. The van der Waals surface area contributed by atoms with E-state index < -0.39 is 0 Å². The Hall–Kier alpha value is -1.23. The maximum absolute atomic E-state index is 4.29. The van der Waals surface area contributed by atoms with Gasteiger partial charge in [-0.1, -0.05) is 0 Å². The van der Waals surface area contributed by atoms with Crippen molar-refractivity contribution in [1.82, 2.24) is 18.9 Å². The van der Waals surface area contributed by atoms with Crippen LogP contribution < -0.4 is 0 Å². The Labute approximate surface area is 80.4 Å². The predicted molar refractivity (Wildman–Crippen MR) is 50.7 cm³/mol. The molecule has 0 saturated carbocycles. The van der Waals surface area contributed by atoms with Crippen LogP contribution in [-0.2, 0) is 6.54 Å². The molecule has 0 aliphatic heterocycles. The maximum atomic E-state index is 4.29. The normalized spacial score (nSPS) is 10.6. The number of imidazole rings is 1. The zero-order valence-electron chi connectivity index (χ0n) is 7.56. The second-order valence-electron chi connectivity index (χ2n) is 2.84. The standard InChI is InChI=1S/C8H10N4S/c1-6-10-8(13-11-6)5-12-4-3-9-7(12)2/h3-4H,5H2,1-2H3. The number of rotatable bonds is 2. The second kappa shape index (κ2) is 3.26. The third-order valence-electron chi connectivity index (χ3n) is 1.80. The highest BCUT2D eigenvalue weighted by Crippen LogP contribution is 2.07. The van der Waals surface area contributed by atoms with Gasteiger partial charge in [-0.05, 0) is 25.4 Å². The zero-order chi connectivity index (χ0) is 9.26. The van der Waals surface area contributed by atoms with Gasteiger partial charge in [0.2, 0.25) is 0 Å². The smallest absolute Gasteiger partial charge is 0.139 e. The summed E-state index contributed by atoms with van der Waals surface area (Å²) in [5.74, 6) is 1.85. The lowest BCUT2D eigenvalue weighted by molar-refractivity contribution is 0.754. The summed E-state index contributed by atoms with van der Waals surface area (Å²) in [6.45, 7) is 4.66. The van der Waals surface area contributed by atoms with Crippen molar-refractivity contribution in [2.24, 2.45) is 0 Å². The van der Waals surface area contributed by atoms with Crippen molar-refractivity contribution in [1.29, 1.82) is 0 Å². The lowest BCUT2D eigenvalue weighted by Crippen LogP contribution is -2.00. The van der Waals surface area contributed by atoms with Crippen LogP contribution in [0.25, 0.3) is 0 Å². The summed E-state index contributed by atoms with van der Waals surface area (Å²) in [5.41, 5.74) is 0. The van der Waals surface area contributed by atoms with Gasteiger partial charge in [-0.15, -0.1) is 0 Å². The van der Waals surface area contributed by atoms with Crippen LogP contribution in [0.15, 0.2) is 12.4 Å². The van der Waals surface area contributed by atoms with Crippen molar-refractivity contribution in [3.05, 3.63) is 29.1 Å². The Morgan fingerprint density at radius 1 is 1.46 bits per heavy atom. The topological polar surface area (TPSA) is 43.6 Å². The molecule has 13 heavy (non-hydrogen) atoms. The molecule has 0 aliphatic carbocycles. The van der Waals surface area contributed by atoms with Crippen LogP contribution in [0.1, 0.15) is 16.7 Å². The van der Waals surface area contributed by atoms with Crippen molar-refractivity contribution in [2.45, 2.75) is 20.4 Å². The fraction of sp³-hybridized carbons (Fsp3) is 0.375. The number of hydrogen-bond donors (Lipinski definition) is 0. The molecule has 0 radical (unpaired) electrons. The minimum atomic E-state index is 0.775. The summed E-state index contributed by atoms with van der Waals surface area (Å²) >= 11 is 1.45. The molecule has 0 amide bonds. The SMILES string of the molecule is Cc1nsc(Cn2ccnc2C)n1. The van der Waals surface area contributed by atoms with Crippen LogP contribution in [-0.4, -0.2) is 18.9 Å². The quantitative estimate of drug-likeness (QED) is 0.725. The van der Waals surface area contributed by atoms with Gasteiger partial charge in [-0.2, -0.15) is 4.37 Å². The molecule has 2 rings (SSSR count). The number of hydrogen-bond acceptors (Lipinski definition) is 4. The van der Waals surface area contributed by atoms with Crippen molar-refractivity contribution in [2.75, 3.05) is 0 Å². The van der Waals surface area contributed by atoms with Crippen LogP contribution >= 0.6 is 11.5 Å². The molecule has 0 atom stereocenters. The summed E-state index contributed by atoms with van der Waals surface area (Å²) < 4.78 is 6.18. The van der Waals surface area contributed by atoms with E-state index in [1.165, 1.54) is 11.5 Å². The van der Waals surface area contributed by atoms with Gasteiger partial charge in [0.1, 0.15) is 16.7 Å². The fourth-order valence-corrected chi connectivity index (χ4v) is 1.77. The molecular weight excluding hydrogens is 184 g/mol. The minimum Gasteiger partial charge on any atom is -0.328 e. The first kappa shape index (κ1) is 8.37. The van der Waals surface area contributed by atoms with E-state index >= 15 is 0 Å². The third-order valence-corrected chi connectivity index (χ3v) is 2.59. The van der Waals surface area contributed by atoms with Gasteiger partial charge >= 0.3 is 0 Å². The van der Waals surface area contributed by atoms with Crippen molar-refractivity contribution in [3.8, 4) is 0 Å². The third kappa shape index (κ3) is 1.75. The number of aryl methyl sites for hydroxylation is 2. The molecule has 0 N–H and O–H groups in total. The highest BCUT2D eigenvalue weighted by Gasteiger charge is 2.02. The summed E-state index contributed by atoms with van der Waals surface area (Å²) in [7, 11) is 0. The van der Waals surface area contributed by atoms with Crippen molar-refractivity contribution in [3.63, 3.8) is 0 Å². The molecule has 0 unspecified atom stereocenters. The Kier molecular flexibility index (Phi) is 2.10. The lowest BCUT2D eigenvalue weighted by atomic mass is 10.6. The second-order valence-corrected chi connectivity index (χ2v) is 3.67. The van der Waals surface area contributed by atoms with Crippen LogP contribution in [0.4, 0.5) is 0 Å². The number of aromatic nitrogens is 4. The van der Waals surface area contributed by atoms with Crippen LogP contribution in [0.3, 0.4) is 0 Å². The molecule has 0 bridgehead atoms. The van der Waals surface area contributed by atoms with E-state index in [2.05, 4.69) is 18.9 Å². The number of nitrogens with zero attached hydrogens (tertiary/aromatic N) is 4. The van der Waals surface area contributed by atoms with E-state index in [1.54, 1.807) is 6.20 Å². The maximum Gasteiger partial charge on any atom is 0.139 e. The highest BCUT2D eigenvalue weighted by molar-refractivity contribution is 7.05. The average Bonchev–Trinajstić information content (AvgIpc) is 2.64. The van der Waals surface area contributed by atoms with E-state index in [9.17, 15) is 0 Å². The Bertz CT molecular complexity index is 404. The van der Waals surface area contributed by atoms with Gasteiger partial charge in [0.25, 0.3) is 0 Å². The molecule has 0 aromatic carbocycles. The Morgan fingerprint density at radius 3 is 2.85 bits per heavy atom. The van der Waals surface area contributed by atoms with Gasteiger partial charge in [-0.25, -0.2) is 9.97 Å². The van der Waals surface area contributed by atoms with Crippen LogP contribution in [0.2, 0.25) is 0 Å². The average molecular weight is 194 g/mol. The molecule has 2 heterocycles. The molecule has 2 aromatic heterocycles. The van der Waals surface area contributed by atoms with Gasteiger partial charge < -0.3 is 4.57 Å². The summed E-state index contributed by atoms with van der Waals surface area (Å²) in [6.07, 6.45) is 3.75. The van der Waals surface area contributed by atoms with Gasteiger partial charge in [0, 0.05) is 12.4 Å². The molecule has 0 aliphatic rings. The molecule has 5 heteroatoms. The molecule has 0 spiro atoms. The summed E-state index contributed by atoms with van der Waals surface area (Å²) in [6, 6.07) is 0. The predicted octanol–water partition coefficient (Wildman–Crippen LogP) is 1.40. The monoisotopic (exact) mass is 194 g/mol. The first-order valence-electron chi connectivity index (χ1n) is 4.02. The van der Waals surface area contributed by atoms with Crippen molar-refractivity contribution < 1.29 is 0 Å². The van der Waals surface area contributed by atoms with E-state index in [1.807, 2.05) is 20.0 Å². The van der Waals surface area contributed by atoms with Crippen molar-refractivity contribution >= 4 is 11.5 Å². The molecule has 0 saturated heterocycles. The van der Waals surface area contributed by atoms with E-state index in [0.717, 1.165) is 23.2 Å². The van der Waals surface area contributed by atoms with E-state index in [-0.39, 0.29) is 0 Å². The van der Waals surface area contributed by atoms with Gasteiger partial charge in [0.05, 0.1) is 6.54 Å². The van der Waals surface area contributed by atoms with Crippen LogP contribution in [0, 0.1) is 13.8 Å². The zero-order valence-corrected chi connectivity index (χ0v) is 8.38. The highest BCUT2D eigenvalue weighted by atomic mass is 32.1. The fourth-order valence-electron chi connectivity index (χ4n) is 1.12. The first-order valence-corrected chi connectivity index (χ1v) is 4.80. The van der Waals surface area contributed by atoms with E-state index in [0.29, 0.717) is 0 Å². The van der Waals surface area contributed by atoms with Gasteiger partial charge in [-0.3, -0.25) is 0 Å². The Morgan fingerprint density at radius 2 is 2.31 bits per heavy atom. The lowest BCUT2D eigenvalue weighted by Gasteiger charge is -1.99. The largest absolute Gasteiger partial charge is 0.328 e. The molecule has 4 nitrogen and oxygen atoms in total. The summed E-state index contributed by atoms with van der Waals surface area (Å²) in [5, 5.41) is 1.03. The van der Waals surface area contributed by atoms with Gasteiger partial charge in [0.15, 0.2) is 0 Å². The minimum absolute atomic E-state index is 0.775. The first-order chi connectivity index (χ1) is 6.25. The van der Waals surface area contributed by atoms with E-state index in [4.69, 9.17) is 0 Å². The summed E-state index contributed by atoms with van der Waals surface area (Å²) in [4.78, 5) is 8.42.